The number of aromatic nitrogens is 2. The minimum Gasteiger partial charge on any atom is -0.308 e. The van der Waals surface area contributed by atoms with Gasteiger partial charge in [0.15, 0.2) is 5.82 Å². The molecule has 0 radical (unpaired) electrons. The second-order valence-corrected chi connectivity index (χ2v) is 7.27. The summed E-state index contributed by atoms with van der Waals surface area (Å²) in [4.78, 5) is 10.2. The number of hydrogen-bond acceptors (Lipinski definition) is 5. The van der Waals surface area contributed by atoms with Gasteiger partial charge in [-0.3, -0.25) is 0 Å². The number of fused-ring (bicyclic) bond motifs is 1. The van der Waals surface area contributed by atoms with Crippen molar-refractivity contribution < 1.29 is 0 Å². The van der Waals surface area contributed by atoms with Crippen molar-refractivity contribution >= 4 is 44.7 Å². The Hall–Kier alpha value is -0.690. The molecule has 0 aromatic carbocycles. The number of aryl methyl sites for hydroxylation is 1. The molecular weight excluding hydrogens is 360 g/mol. The van der Waals surface area contributed by atoms with Gasteiger partial charge in [0.1, 0.15) is 10.2 Å². The number of thiophene rings is 1. The van der Waals surface area contributed by atoms with Gasteiger partial charge < -0.3 is 5.43 Å². The molecule has 3 rings (SSSR count). The Morgan fingerprint density at radius 1 is 1.25 bits per heavy atom. The van der Waals surface area contributed by atoms with E-state index in [-0.39, 0.29) is 0 Å². The summed E-state index contributed by atoms with van der Waals surface area (Å²) >= 11 is 11.0. The number of hydrogen-bond donors (Lipinski definition) is 2. The molecule has 0 saturated carbocycles. The van der Waals surface area contributed by atoms with E-state index >= 15 is 0 Å². The molecule has 2 heterocycles. The normalized spacial score (nSPS) is 14.8. The van der Waals surface area contributed by atoms with Crippen molar-refractivity contribution in [1.82, 2.24) is 9.97 Å². The first-order chi connectivity index (χ1) is 9.69. The van der Waals surface area contributed by atoms with Crippen molar-refractivity contribution in [2.75, 3.05) is 5.43 Å². The Kier molecular flexibility index (Phi) is 4.26. The number of nitrogens with two attached hydrogens (primary N) is 1. The van der Waals surface area contributed by atoms with E-state index in [0.29, 0.717) is 10.2 Å². The molecule has 0 aliphatic heterocycles. The van der Waals surface area contributed by atoms with Crippen LogP contribution in [0.2, 0.25) is 4.34 Å². The summed E-state index contributed by atoms with van der Waals surface area (Å²) in [6.07, 6.45) is 5.54. The van der Waals surface area contributed by atoms with E-state index in [4.69, 9.17) is 22.4 Å². The van der Waals surface area contributed by atoms with Gasteiger partial charge in [-0.1, -0.05) is 18.0 Å². The molecule has 0 amide bonds. The van der Waals surface area contributed by atoms with Gasteiger partial charge in [0.2, 0.25) is 0 Å². The van der Waals surface area contributed by atoms with Crippen LogP contribution in [0.3, 0.4) is 0 Å². The molecule has 1 aliphatic carbocycles. The van der Waals surface area contributed by atoms with Gasteiger partial charge in [-0.15, -0.1) is 11.3 Å². The summed E-state index contributed by atoms with van der Waals surface area (Å²) in [5, 5.41) is 0. The molecular formula is C13H14BrClN4S. The van der Waals surface area contributed by atoms with E-state index < -0.39 is 0 Å². The van der Waals surface area contributed by atoms with Gasteiger partial charge >= 0.3 is 0 Å². The molecule has 106 valence electrons. The van der Waals surface area contributed by atoms with E-state index in [2.05, 4.69) is 26.3 Å². The number of nitrogen functional groups attached to an aromatic ring is 1. The standard InChI is InChI=1S/C13H14BrClN4S/c14-8-6-10(20-11(8)15)13-17-9-5-3-1-2-4-7(9)12(18-13)19-16/h6H,1-5,16H2,(H,17,18,19). The molecule has 0 atom stereocenters. The number of halogens is 2. The molecule has 0 fully saturated rings. The van der Waals surface area contributed by atoms with Crippen LogP contribution in [0.25, 0.3) is 10.7 Å². The monoisotopic (exact) mass is 372 g/mol. The molecule has 2 aromatic heterocycles. The lowest BCUT2D eigenvalue weighted by molar-refractivity contribution is 0.709. The fourth-order valence-electron chi connectivity index (χ4n) is 2.46. The molecule has 0 spiro atoms. The van der Waals surface area contributed by atoms with Crippen LogP contribution >= 0.6 is 38.9 Å². The topological polar surface area (TPSA) is 63.8 Å². The van der Waals surface area contributed by atoms with E-state index in [1.165, 1.54) is 30.6 Å². The number of hydrazine groups is 1. The third kappa shape index (κ3) is 2.70. The predicted octanol–water partition coefficient (Wildman–Crippen LogP) is 4.18. The second-order valence-electron chi connectivity index (χ2n) is 4.76. The van der Waals surface area contributed by atoms with Gasteiger partial charge in [-0.2, -0.15) is 0 Å². The van der Waals surface area contributed by atoms with Crippen molar-refractivity contribution in [2.45, 2.75) is 32.1 Å². The minimum absolute atomic E-state index is 0.691. The molecule has 2 aromatic rings. The van der Waals surface area contributed by atoms with Crippen molar-refractivity contribution in [2.24, 2.45) is 5.84 Å². The third-order valence-corrected chi connectivity index (χ3v) is 5.91. The maximum absolute atomic E-state index is 6.10. The highest BCUT2D eigenvalue weighted by atomic mass is 79.9. The maximum Gasteiger partial charge on any atom is 0.172 e. The second kappa shape index (κ2) is 5.97. The summed E-state index contributed by atoms with van der Waals surface area (Å²) < 4.78 is 1.58. The van der Waals surface area contributed by atoms with E-state index in [9.17, 15) is 0 Å². The summed E-state index contributed by atoms with van der Waals surface area (Å²) in [6, 6.07) is 1.95. The van der Waals surface area contributed by atoms with Gasteiger partial charge in [0, 0.05) is 15.7 Å². The lowest BCUT2D eigenvalue weighted by atomic mass is 10.1. The van der Waals surface area contributed by atoms with E-state index in [1.807, 2.05) is 6.07 Å². The number of nitrogens with zero attached hydrogens (tertiary/aromatic N) is 2. The van der Waals surface area contributed by atoms with Crippen LogP contribution < -0.4 is 11.3 Å². The molecule has 4 nitrogen and oxygen atoms in total. The van der Waals surface area contributed by atoms with Crippen LogP contribution in [0, 0.1) is 0 Å². The third-order valence-electron chi connectivity index (χ3n) is 3.44. The number of anilines is 1. The number of nitrogens with one attached hydrogen (secondary N) is 1. The SMILES string of the molecule is NNc1nc(-c2cc(Br)c(Cl)s2)nc2c1CCCCC2. The zero-order valence-corrected chi connectivity index (χ0v) is 13.9. The lowest BCUT2D eigenvalue weighted by Gasteiger charge is -2.11. The first-order valence-corrected chi connectivity index (χ1v) is 8.49. The largest absolute Gasteiger partial charge is 0.308 e. The fourth-order valence-corrected chi connectivity index (χ4v) is 4.09. The van der Waals surface area contributed by atoms with Crippen LogP contribution in [-0.2, 0) is 12.8 Å². The minimum atomic E-state index is 0.691. The summed E-state index contributed by atoms with van der Waals surface area (Å²) in [5.41, 5.74) is 5.00. The van der Waals surface area contributed by atoms with Gasteiger partial charge in [-0.25, -0.2) is 15.8 Å². The first-order valence-electron chi connectivity index (χ1n) is 6.50. The Labute approximate surface area is 134 Å². The summed E-state index contributed by atoms with van der Waals surface area (Å²) in [6.45, 7) is 0. The molecule has 0 bridgehead atoms. The quantitative estimate of drug-likeness (QED) is 0.471. The molecule has 0 saturated heterocycles. The van der Waals surface area contributed by atoms with Gasteiger partial charge in [-0.05, 0) is 47.7 Å². The highest BCUT2D eigenvalue weighted by Gasteiger charge is 2.18. The number of rotatable bonds is 2. The van der Waals surface area contributed by atoms with Crippen LogP contribution in [0.15, 0.2) is 10.5 Å². The van der Waals surface area contributed by atoms with Crippen molar-refractivity contribution in [1.29, 1.82) is 0 Å². The maximum atomic E-state index is 6.10. The molecule has 3 N–H and O–H groups in total. The van der Waals surface area contributed by atoms with Crippen molar-refractivity contribution in [3.8, 4) is 10.7 Å². The van der Waals surface area contributed by atoms with Crippen LogP contribution in [0.4, 0.5) is 5.82 Å². The Morgan fingerprint density at radius 2 is 2.05 bits per heavy atom. The predicted molar refractivity (Wildman–Crippen MR) is 87.1 cm³/mol. The molecule has 0 unspecified atom stereocenters. The highest BCUT2D eigenvalue weighted by Crippen LogP contribution is 2.37. The Balaban J connectivity index is 2.10. The Morgan fingerprint density at radius 3 is 2.75 bits per heavy atom. The van der Waals surface area contributed by atoms with Crippen molar-refractivity contribution in [3.05, 3.63) is 26.1 Å². The summed E-state index contributed by atoms with van der Waals surface area (Å²) in [5.74, 6) is 7.07. The molecule has 1 aliphatic rings. The first kappa shape index (κ1) is 14.3. The van der Waals surface area contributed by atoms with Crippen molar-refractivity contribution in [3.63, 3.8) is 0 Å². The van der Waals surface area contributed by atoms with E-state index in [0.717, 1.165) is 39.3 Å². The van der Waals surface area contributed by atoms with Crippen LogP contribution in [-0.4, -0.2) is 9.97 Å². The van der Waals surface area contributed by atoms with Crippen LogP contribution in [0.5, 0.6) is 0 Å². The Bertz CT molecular complexity index is 624. The zero-order valence-electron chi connectivity index (χ0n) is 10.7. The highest BCUT2D eigenvalue weighted by molar-refractivity contribution is 9.10. The smallest absolute Gasteiger partial charge is 0.172 e. The molecule has 7 heteroatoms. The van der Waals surface area contributed by atoms with Gasteiger partial charge in [0.25, 0.3) is 0 Å². The fraction of sp³-hybridized carbons (Fsp3) is 0.385. The average molecular weight is 374 g/mol. The molecule has 20 heavy (non-hydrogen) atoms. The lowest BCUT2D eigenvalue weighted by Crippen LogP contribution is -2.14. The van der Waals surface area contributed by atoms with E-state index in [1.54, 1.807) is 0 Å². The van der Waals surface area contributed by atoms with Gasteiger partial charge in [0.05, 0.1) is 4.88 Å². The summed E-state index contributed by atoms with van der Waals surface area (Å²) in [7, 11) is 0. The van der Waals surface area contributed by atoms with Crippen LogP contribution in [0.1, 0.15) is 30.5 Å². The zero-order chi connectivity index (χ0) is 14.1. The average Bonchev–Trinajstić information content (AvgIpc) is 2.67.